The van der Waals surface area contributed by atoms with Crippen molar-refractivity contribution in [2.75, 3.05) is 18.4 Å². The fraction of sp³-hybridized carbons (Fsp3) is 0.500. The van der Waals surface area contributed by atoms with Gasteiger partial charge in [0.05, 0.1) is 10.7 Å². The molecule has 2 rings (SSSR count). The van der Waals surface area contributed by atoms with E-state index < -0.39 is 0 Å². The molecule has 1 aromatic rings. The molecule has 0 aromatic heterocycles. The Hall–Kier alpha value is -0.000000000000000132. The zero-order valence-electron chi connectivity index (χ0n) is 9.10. The fourth-order valence-electron chi connectivity index (χ4n) is 1.99. The highest BCUT2D eigenvalue weighted by molar-refractivity contribution is 14.1. The lowest BCUT2D eigenvalue weighted by Gasteiger charge is -2.18. The van der Waals surface area contributed by atoms with Crippen LogP contribution in [0.4, 0.5) is 5.69 Å². The second-order valence-electron chi connectivity index (χ2n) is 4.15. The van der Waals surface area contributed by atoms with E-state index in [0.717, 1.165) is 23.8 Å². The van der Waals surface area contributed by atoms with Crippen LogP contribution in [0, 0.1) is 3.57 Å². The number of anilines is 1. The molecule has 0 saturated carbocycles. The van der Waals surface area contributed by atoms with Gasteiger partial charge in [-0.05, 0) is 73.1 Å². The van der Waals surface area contributed by atoms with E-state index in [1.165, 1.54) is 22.8 Å². The highest BCUT2D eigenvalue weighted by Gasteiger charge is 2.12. The van der Waals surface area contributed by atoms with Crippen LogP contribution in [0.2, 0.25) is 5.02 Å². The number of hydrogen-bond donors (Lipinski definition) is 2. The summed E-state index contributed by atoms with van der Waals surface area (Å²) in [7, 11) is 0. The summed E-state index contributed by atoms with van der Waals surface area (Å²) in [5.74, 6) is 0. The van der Waals surface area contributed by atoms with E-state index in [4.69, 9.17) is 11.6 Å². The Morgan fingerprint density at radius 1 is 1.31 bits per heavy atom. The van der Waals surface area contributed by atoms with Crippen LogP contribution in [-0.4, -0.2) is 19.1 Å². The summed E-state index contributed by atoms with van der Waals surface area (Å²) in [5, 5.41) is 7.78. The topological polar surface area (TPSA) is 24.1 Å². The summed E-state index contributed by atoms with van der Waals surface area (Å²) in [6, 6.07) is 6.71. The maximum atomic E-state index is 6.21. The van der Waals surface area contributed by atoms with E-state index in [9.17, 15) is 0 Å². The second kappa shape index (κ2) is 6.07. The molecule has 1 aliphatic heterocycles. The van der Waals surface area contributed by atoms with Crippen LogP contribution in [0.15, 0.2) is 18.2 Å². The molecule has 1 saturated heterocycles. The summed E-state index contributed by atoms with van der Waals surface area (Å²) in [4.78, 5) is 0. The minimum absolute atomic E-state index is 0.549. The number of rotatable bonds is 2. The van der Waals surface area contributed by atoms with Crippen LogP contribution in [-0.2, 0) is 0 Å². The van der Waals surface area contributed by atoms with Crippen molar-refractivity contribution < 1.29 is 0 Å². The number of hydrogen-bond acceptors (Lipinski definition) is 2. The van der Waals surface area contributed by atoms with Gasteiger partial charge >= 0.3 is 0 Å². The van der Waals surface area contributed by atoms with Crippen LogP contribution in [0.5, 0.6) is 0 Å². The Balaban J connectivity index is 2.01. The van der Waals surface area contributed by atoms with Crippen LogP contribution >= 0.6 is 34.2 Å². The molecule has 16 heavy (non-hydrogen) atoms. The quantitative estimate of drug-likeness (QED) is 0.798. The van der Waals surface area contributed by atoms with Gasteiger partial charge in [0.15, 0.2) is 0 Å². The Morgan fingerprint density at radius 3 is 3.00 bits per heavy atom. The van der Waals surface area contributed by atoms with Crippen molar-refractivity contribution in [3.05, 3.63) is 26.8 Å². The highest BCUT2D eigenvalue weighted by atomic mass is 127. The van der Waals surface area contributed by atoms with Crippen LogP contribution in [0.3, 0.4) is 0 Å². The average molecular weight is 351 g/mol. The van der Waals surface area contributed by atoms with Gasteiger partial charge < -0.3 is 10.6 Å². The first-order valence-corrected chi connectivity index (χ1v) is 7.13. The summed E-state index contributed by atoms with van der Waals surface area (Å²) in [5.41, 5.74) is 1.06. The van der Waals surface area contributed by atoms with Crippen LogP contribution in [0.1, 0.15) is 19.3 Å². The van der Waals surface area contributed by atoms with Crippen molar-refractivity contribution in [2.45, 2.75) is 25.3 Å². The van der Waals surface area contributed by atoms with E-state index in [2.05, 4.69) is 45.4 Å². The third kappa shape index (κ3) is 3.50. The molecule has 88 valence electrons. The molecule has 2 nitrogen and oxygen atoms in total. The first-order valence-electron chi connectivity index (χ1n) is 5.68. The Labute approximate surface area is 115 Å². The number of benzene rings is 1. The second-order valence-corrected chi connectivity index (χ2v) is 5.80. The molecule has 0 amide bonds. The third-order valence-electron chi connectivity index (χ3n) is 2.87. The number of halogens is 2. The van der Waals surface area contributed by atoms with Gasteiger partial charge in [-0.15, -0.1) is 0 Å². The normalized spacial score (nSPS) is 21.5. The van der Waals surface area contributed by atoms with E-state index in [0.29, 0.717) is 6.04 Å². The first-order chi connectivity index (χ1) is 7.75. The van der Waals surface area contributed by atoms with E-state index in [1.54, 1.807) is 0 Å². The lowest BCUT2D eigenvalue weighted by molar-refractivity contribution is 0.637. The SMILES string of the molecule is Clc1cc(I)ccc1NC1CCCNCC1. The van der Waals surface area contributed by atoms with E-state index in [-0.39, 0.29) is 0 Å². The van der Waals surface area contributed by atoms with Gasteiger partial charge in [0.25, 0.3) is 0 Å². The van der Waals surface area contributed by atoms with Crippen molar-refractivity contribution in [3.63, 3.8) is 0 Å². The predicted molar refractivity (Wildman–Crippen MR) is 78.3 cm³/mol. The standard InChI is InChI=1S/C12H16ClIN2/c13-11-8-9(14)3-4-12(11)16-10-2-1-6-15-7-5-10/h3-4,8,10,15-16H,1-2,5-7H2. The maximum Gasteiger partial charge on any atom is 0.0648 e. The van der Waals surface area contributed by atoms with Gasteiger partial charge in [-0.3, -0.25) is 0 Å². The van der Waals surface area contributed by atoms with Gasteiger partial charge in [-0.1, -0.05) is 11.6 Å². The zero-order valence-corrected chi connectivity index (χ0v) is 12.0. The molecule has 0 radical (unpaired) electrons. The third-order valence-corrected chi connectivity index (χ3v) is 3.85. The molecular formula is C12H16ClIN2. The molecule has 0 bridgehead atoms. The Kier molecular flexibility index (Phi) is 4.73. The monoisotopic (exact) mass is 350 g/mol. The minimum Gasteiger partial charge on any atom is -0.381 e. The smallest absolute Gasteiger partial charge is 0.0648 e. The lowest BCUT2D eigenvalue weighted by Crippen LogP contribution is -2.21. The Bertz CT molecular complexity index is 349. The largest absolute Gasteiger partial charge is 0.381 e. The van der Waals surface area contributed by atoms with Gasteiger partial charge in [-0.25, -0.2) is 0 Å². The van der Waals surface area contributed by atoms with Crippen LogP contribution < -0.4 is 10.6 Å². The summed E-state index contributed by atoms with van der Waals surface area (Å²) < 4.78 is 1.18. The molecule has 0 aliphatic carbocycles. The highest BCUT2D eigenvalue weighted by Crippen LogP contribution is 2.25. The lowest BCUT2D eigenvalue weighted by atomic mass is 10.1. The molecule has 1 atom stereocenters. The maximum absolute atomic E-state index is 6.21. The molecule has 1 fully saturated rings. The molecular weight excluding hydrogens is 335 g/mol. The van der Waals surface area contributed by atoms with E-state index >= 15 is 0 Å². The van der Waals surface area contributed by atoms with Gasteiger partial charge in [0.1, 0.15) is 0 Å². The van der Waals surface area contributed by atoms with Gasteiger partial charge in [0, 0.05) is 9.61 Å². The zero-order chi connectivity index (χ0) is 11.4. The van der Waals surface area contributed by atoms with Gasteiger partial charge in [-0.2, -0.15) is 0 Å². The fourth-order valence-corrected chi connectivity index (χ4v) is 2.90. The van der Waals surface area contributed by atoms with E-state index in [1.807, 2.05) is 6.07 Å². The van der Waals surface area contributed by atoms with Gasteiger partial charge in [0.2, 0.25) is 0 Å². The summed E-state index contributed by atoms with van der Waals surface area (Å²) in [6.45, 7) is 2.23. The molecule has 1 aliphatic rings. The molecule has 4 heteroatoms. The van der Waals surface area contributed by atoms with Crippen molar-refractivity contribution in [1.82, 2.24) is 5.32 Å². The van der Waals surface area contributed by atoms with Crippen molar-refractivity contribution >= 4 is 39.9 Å². The molecule has 1 heterocycles. The number of nitrogens with one attached hydrogen (secondary N) is 2. The predicted octanol–water partition coefficient (Wildman–Crippen LogP) is 3.50. The summed E-state index contributed by atoms with van der Waals surface area (Å²) in [6.07, 6.45) is 3.62. The molecule has 1 unspecified atom stereocenters. The van der Waals surface area contributed by atoms with Crippen molar-refractivity contribution in [3.8, 4) is 0 Å². The Morgan fingerprint density at radius 2 is 2.19 bits per heavy atom. The molecule has 0 spiro atoms. The van der Waals surface area contributed by atoms with Crippen molar-refractivity contribution in [2.24, 2.45) is 0 Å². The molecule has 2 N–H and O–H groups in total. The average Bonchev–Trinajstić information content (AvgIpc) is 2.51. The molecule has 1 aromatic carbocycles. The first kappa shape index (κ1) is 12.5. The van der Waals surface area contributed by atoms with Crippen molar-refractivity contribution in [1.29, 1.82) is 0 Å². The van der Waals surface area contributed by atoms with Crippen LogP contribution in [0.25, 0.3) is 0 Å². The minimum atomic E-state index is 0.549. The summed E-state index contributed by atoms with van der Waals surface area (Å²) >= 11 is 8.48.